The minimum atomic E-state index is -4.62. The van der Waals surface area contributed by atoms with E-state index in [4.69, 9.17) is 5.73 Å². The number of aliphatic carboxylic acids is 1. The number of aromatic nitrogens is 3. The van der Waals surface area contributed by atoms with Gasteiger partial charge in [-0.1, -0.05) is 11.8 Å². The third kappa shape index (κ3) is 3.00. The van der Waals surface area contributed by atoms with Crippen molar-refractivity contribution in [3.05, 3.63) is 17.1 Å². The second-order valence-electron chi connectivity index (χ2n) is 5.34. The molecule has 136 valence electrons. The van der Waals surface area contributed by atoms with E-state index in [0.717, 1.165) is 21.2 Å². The fourth-order valence-electron chi connectivity index (χ4n) is 2.53. The average Bonchev–Trinajstić information content (AvgIpc) is 2.91. The van der Waals surface area contributed by atoms with Gasteiger partial charge in [0.1, 0.15) is 17.1 Å². The van der Waals surface area contributed by atoms with Gasteiger partial charge in [0.2, 0.25) is 11.7 Å². The van der Waals surface area contributed by atoms with Crippen LogP contribution < -0.4 is 5.73 Å². The van der Waals surface area contributed by atoms with E-state index in [2.05, 4.69) is 10.2 Å². The first-order valence-corrected chi connectivity index (χ1v) is 8.91. The van der Waals surface area contributed by atoms with Crippen LogP contribution in [-0.2, 0) is 22.8 Å². The van der Waals surface area contributed by atoms with E-state index in [1.54, 1.807) is 0 Å². The summed E-state index contributed by atoms with van der Waals surface area (Å²) in [5.74, 6) is -2.49. The molecule has 0 aliphatic carbocycles. The Morgan fingerprint density at radius 1 is 1.48 bits per heavy atom. The largest absolute Gasteiger partial charge is 0.477 e. The molecule has 3 rings (SSSR count). The number of hydrogen-bond acceptors (Lipinski definition) is 7. The summed E-state index contributed by atoms with van der Waals surface area (Å²) in [5.41, 5.74) is 5.93. The van der Waals surface area contributed by atoms with Crippen LogP contribution in [0, 0.1) is 0 Å². The van der Waals surface area contributed by atoms with Crippen molar-refractivity contribution in [1.82, 2.24) is 19.7 Å². The fourth-order valence-corrected chi connectivity index (χ4v) is 4.87. The third-order valence-corrected chi connectivity index (χ3v) is 6.22. The molecule has 0 aromatic carbocycles. The molecule has 1 aromatic rings. The molecule has 25 heavy (non-hydrogen) atoms. The van der Waals surface area contributed by atoms with Gasteiger partial charge in [-0.3, -0.25) is 9.69 Å². The molecule has 0 bridgehead atoms. The number of carboxylic acids is 1. The highest BCUT2D eigenvalue weighted by Crippen LogP contribution is 2.40. The smallest absolute Gasteiger partial charge is 0.451 e. The van der Waals surface area contributed by atoms with Gasteiger partial charge in [0, 0.05) is 18.6 Å². The quantitative estimate of drug-likeness (QED) is 0.560. The molecule has 3 N–H and O–H groups in total. The molecular formula is C12H12F3N5O3S2. The molecule has 1 unspecified atom stereocenters. The summed E-state index contributed by atoms with van der Waals surface area (Å²) < 4.78 is 39.0. The summed E-state index contributed by atoms with van der Waals surface area (Å²) in [6.45, 7) is 0. The summed E-state index contributed by atoms with van der Waals surface area (Å²) in [4.78, 5) is 24.5. The Bertz CT molecular complexity index is 779. The van der Waals surface area contributed by atoms with Crippen molar-refractivity contribution in [2.45, 2.75) is 22.7 Å². The number of amides is 1. The van der Waals surface area contributed by atoms with Crippen molar-refractivity contribution in [1.29, 1.82) is 0 Å². The van der Waals surface area contributed by atoms with E-state index in [9.17, 15) is 27.9 Å². The average molecular weight is 395 g/mol. The Balaban J connectivity index is 1.81. The van der Waals surface area contributed by atoms with Crippen molar-refractivity contribution < 1.29 is 27.9 Å². The SMILES string of the molecule is Cn1c(SCC2=C(C(=O)O)N3C(=O)C(N)[C@H]3SC2)nnc1C(F)(F)F. The standard InChI is InChI=1S/C12H12F3N5O3S2/c1-19-10(12(13,14)15)17-18-11(19)25-3-4-2-24-8-5(16)7(21)20(8)6(4)9(22)23/h5,8H,2-3,16H2,1H3,(H,22,23)/t5?,8-/m1/s1. The minimum absolute atomic E-state index is 0.00308. The highest BCUT2D eigenvalue weighted by Gasteiger charge is 2.51. The van der Waals surface area contributed by atoms with Crippen molar-refractivity contribution >= 4 is 35.4 Å². The normalized spacial score (nSPS) is 23.6. The Morgan fingerprint density at radius 2 is 2.16 bits per heavy atom. The number of hydrogen-bond donors (Lipinski definition) is 2. The lowest BCUT2D eigenvalue weighted by Gasteiger charge is -2.48. The number of carboxylic acid groups (broad SMARTS) is 1. The fraction of sp³-hybridized carbons (Fsp3) is 0.500. The molecule has 3 heterocycles. The number of halogens is 3. The van der Waals surface area contributed by atoms with Gasteiger partial charge < -0.3 is 15.4 Å². The summed E-state index contributed by atoms with van der Waals surface area (Å²) in [7, 11) is 1.18. The number of fused-ring (bicyclic) bond motifs is 1. The molecule has 2 atom stereocenters. The number of thioether (sulfide) groups is 2. The topological polar surface area (TPSA) is 114 Å². The molecule has 1 saturated heterocycles. The number of nitrogens with two attached hydrogens (primary N) is 1. The first-order valence-electron chi connectivity index (χ1n) is 6.88. The van der Waals surface area contributed by atoms with Gasteiger partial charge >= 0.3 is 12.1 Å². The second kappa shape index (κ2) is 6.21. The summed E-state index contributed by atoms with van der Waals surface area (Å²) in [6, 6.07) is -0.735. The van der Waals surface area contributed by atoms with Crippen LogP contribution in [0.15, 0.2) is 16.4 Å². The van der Waals surface area contributed by atoms with Crippen LogP contribution in [0.2, 0.25) is 0 Å². The number of nitrogens with zero attached hydrogens (tertiary/aromatic N) is 4. The minimum Gasteiger partial charge on any atom is -0.477 e. The zero-order chi connectivity index (χ0) is 18.5. The molecule has 1 amide bonds. The third-order valence-electron chi connectivity index (χ3n) is 3.75. The van der Waals surface area contributed by atoms with Gasteiger partial charge in [-0.15, -0.1) is 22.0 Å². The monoisotopic (exact) mass is 395 g/mol. The van der Waals surface area contributed by atoms with Crippen LogP contribution >= 0.6 is 23.5 Å². The van der Waals surface area contributed by atoms with Gasteiger partial charge in [0.15, 0.2) is 5.16 Å². The first kappa shape index (κ1) is 18.1. The zero-order valence-corrected chi connectivity index (χ0v) is 14.3. The van der Waals surface area contributed by atoms with Crippen molar-refractivity contribution in [3.8, 4) is 0 Å². The van der Waals surface area contributed by atoms with Crippen LogP contribution in [0.3, 0.4) is 0 Å². The van der Waals surface area contributed by atoms with Gasteiger partial charge in [-0.2, -0.15) is 13.2 Å². The van der Waals surface area contributed by atoms with E-state index in [1.807, 2.05) is 0 Å². The molecule has 2 aliphatic heterocycles. The number of β-lactam (4-membered cyclic amide) rings is 1. The van der Waals surface area contributed by atoms with Crippen LogP contribution in [0.4, 0.5) is 13.2 Å². The molecule has 2 aliphatic rings. The Kier molecular flexibility index (Phi) is 4.49. The highest BCUT2D eigenvalue weighted by molar-refractivity contribution is 8.01. The van der Waals surface area contributed by atoms with Crippen molar-refractivity contribution in [2.24, 2.45) is 12.8 Å². The predicted octanol–water partition coefficient (Wildman–Crippen LogP) is 0.507. The summed E-state index contributed by atoms with van der Waals surface area (Å²) >= 11 is 2.25. The number of carbonyl (C=O) groups is 2. The van der Waals surface area contributed by atoms with E-state index in [-0.39, 0.29) is 16.6 Å². The molecule has 13 heteroatoms. The Hall–Kier alpha value is -1.73. The molecule has 0 spiro atoms. The molecule has 1 fully saturated rings. The highest BCUT2D eigenvalue weighted by atomic mass is 32.2. The molecule has 8 nitrogen and oxygen atoms in total. The van der Waals surface area contributed by atoms with Crippen LogP contribution in [0.25, 0.3) is 0 Å². The molecule has 1 aromatic heterocycles. The van der Waals surface area contributed by atoms with E-state index in [0.29, 0.717) is 11.3 Å². The van der Waals surface area contributed by atoms with Crippen molar-refractivity contribution in [3.63, 3.8) is 0 Å². The Morgan fingerprint density at radius 3 is 2.72 bits per heavy atom. The first-order chi connectivity index (χ1) is 11.6. The van der Waals surface area contributed by atoms with Crippen LogP contribution in [0.5, 0.6) is 0 Å². The van der Waals surface area contributed by atoms with E-state index >= 15 is 0 Å². The lowest BCUT2D eigenvalue weighted by atomic mass is 10.0. The van der Waals surface area contributed by atoms with E-state index < -0.39 is 35.3 Å². The summed E-state index contributed by atoms with van der Waals surface area (Å²) in [6.07, 6.45) is -4.62. The van der Waals surface area contributed by atoms with E-state index in [1.165, 1.54) is 18.8 Å². The van der Waals surface area contributed by atoms with Gasteiger partial charge in [0.25, 0.3) is 0 Å². The number of alkyl halides is 3. The molecule has 0 radical (unpaired) electrons. The van der Waals surface area contributed by atoms with Gasteiger partial charge in [-0.05, 0) is 5.57 Å². The maximum atomic E-state index is 12.7. The van der Waals surface area contributed by atoms with Crippen molar-refractivity contribution in [2.75, 3.05) is 11.5 Å². The predicted molar refractivity (Wildman–Crippen MR) is 82.5 cm³/mol. The maximum Gasteiger partial charge on any atom is 0.451 e. The van der Waals surface area contributed by atoms with Gasteiger partial charge in [-0.25, -0.2) is 4.79 Å². The molecule has 0 saturated carbocycles. The van der Waals surface area contributed by atoms with Crippen LogP contribution in [-0.4, -0.2) is 59.6 Å². The number of rotatable bonds is 4. The lowest BCUT2D eigenvalue weighted by molar-refractivity contribution is -0.147. The van der Waals surface area contributed by atoms with Crippen LogP contribution in [0.1, 0.15) is 5.82 Å². The maximum absolute atomic E-state index is 12.7. The zero-order valence-electron chi connectivity index (χ0n) is 12.6. The van der Waals surface area contributed by atoms with Gasteiger partial charge in [0.05, 0.1) is 0 Å². The molecular weight excluding hydrogens is 383 g/mol. The summed E-state index contributed by atoms with van der Waals surface area (Å²) in [5, 5.41) is 15.6. The second-order valence-corrected chi connectivity index (χ2v) is 7.39. The number of carbonyl (C=O) groups excluding carboxylic acids is 1. The Labute approximate surface area is 147 Å². The lowest BCUT2D eigenvalue weighted by Crippen LogP contribution is -2.68.